The molecule has 0 aliphatic heterocycles. The van der Waals surface area contributed by atoms with Gasteiger partial charge in [0.15, 0.2) is 0 Å². The maximum Gasteiger partial charge on any atom is 0.322 e. The highest BCUT2D eigenvalue weighted by atomic mass is 32.2. The molecule has 0 aliphatic rings. The van der Waals surface area contributed by atoms with E-state index in [1.165, 1.54) is 0 Å². The molecule has 1 amide bonds. The van der Waals surface area contributed by atoms with Gasteiger partial charge in [-0.1, -0.05) is 0 Å². The molecule has 0 unspecified atom stereocenters. The number of aliphatic hydroxyl groups excluding tert-OH is 1. The minimum atomic E-state index is -1.21. The number of carbonyl (C=O) groups is 4. The zero-order valence-corrected chi connectivity index (χ0v) is 14.5. The Morgan fingerprint density at radius 2 is 1.28 bits per heavy atom. The van der Waals surface area contributed by atoms with Crippen LogP contribution in [0.15, 0.2) is 0 Å². The summed E-state index contributed by atoms with van der Waals surface area (Å²) in [5.74, 6) is -3.20. The Morgan fingerprint density at radius 3 is 1.44 bits per heavy atom. The van der Waals surface area contributed by atoms with Crippen LogP contribution in [0.3, 0.4) is 0 Å². The highest BCUT2D eigenvalue weighted by Crippen LogP contribution is 1.97. The molecule has 12 nitrogen and oxygen atoms in total. The van der Waals surface area contributed by atoms with E-state index in [9.17, 15) is 19.2 Å². The van der Waals surface area contributed by atoms with Crippen molar-refractivity contribution in [2.75, 3.05) is 18.6 Å². The van der Waals surface area contributed by atoms with E-state index in [0.717, 1.165) is 5.75 Å². The first-order valence-corrected chi connectivity index (χ1v) is 8.13. The first kappa shape index (κ1) is 27.9. The molecule has 0 saturated heterocycles. The number of nitrogens with two attached hydrogens (primary N) is 4. The maximum atomic E-state index is 10.1. The van der Waals surface area contributed by atoms with Crippen LogP contribution in [-0.2, 0) is 19.2 Å². The molecule has 0 radical (unpaired) electrons. The summed E-state index contributed by atoms with van der Waals surface area (Å²) in [5.41, 5.74) is 19.5. The van der Waals surface area contributed by atoms with Gasteiger partial charge < -0.3 is 43.4 Å². The van der Waals surface area contributed by atoms with Gasteiger partial charge in [0.25, 0.3) is 0 Å². The molecular weight excluding hydrogens is 360 g/mol. The number of carboxylic acids is 3. The van der Waals surface area contributed by atoms with Crippen LogP contribution in [-0.4, -0.2) is 81.0 Å². The number of thioether (sulfide) groups is 1. The van der Waals surface area contributed by atoms with Gasteiger partial charge in [-0.25, -0.2) is 0 Å². The Morgan fingerprint density at radius 1 is 0.880 bits per heavy atom. The second-order valence-corrected chi connectivity index (χ2v) is 5.45. The minimum Gasteiger partial charge on any atom is -0.480 e. The van der Waals surface area contributed by atoms with E-state index in [1.807, 2.05) is 6.26 Å². The molecule has 0 spiro atoms. The molecule has 25 heavy (non-hydrogen) atoms. The Hall–Kier alpha value is -1.93. The molecule has 13 heteroatoms. The fourth-order valence-electron chi connectivity index (χ4n) is 0.750. The van der Waals surface area contributed by atoms with Gasteiger partial charge in [-0.3, -0.25) is 19.2 Å². The fraction of sp³-hybridized carbons (Fsp3) is 0.667. The maximum absolute atomic E-state index is 10.1. The summed E-state index contributed by atoms with van der Waals surface area (Å²) in [7, 11) is 0. The van der Waals surface area contributed by atoms with Gasteiger partial charge in [0.2, 0.25) is 5.91 Å². The molecule has 12 N–H and O–H groups in total. The van der Waals surface area contributed by atoms with E-state index < -0.39 is 48.5 Å². The number of hydrogen-bond acceptors (Lipinski definition) is 9. The quantitative estimate of drug-likeness (QED) is 0.195. The summed E-state index contributed by atoms with van der Waals surface area (Å²) in [6.07, 6.45) is 2.17. The molecule has 148 valence electrons. The molecule has 3 atom stereocenters. The third-order valence-corrected chi connectivity index (χ3v) is 2.85. The minimum absolute atomic E-state index is 0.310. The molecule has 0 heterocycles. The van der Waals surface area contributed by atoms with E-state index >= 15 is 0 Å². The van der Waals surface area contributed by atoms with Gasteiger partial charge in [0, 0.05) is 0 Å². The van der Waals surface area contributed by atoms with Crippen molar-refractivity contribution < 1.29 is 39.6 Å². The summed E-state index contributed by atoms with van der Waals surface area (Å²) in [6.45, 7) is -0.505. The number of hydrogen-bond donors (Lipinski definition) is 8. The Kier molecular flexibility index (Phi) is 18.9. The number of primary amides is 1. The highest BCUT2D eigenvalue weighted by molar-refractivity contribution is 7.98. The van der Waals surface area contributed by atoms with Gasteiger partial charge >= 0.3 is 17.9 Å². The zero-order chi connectivity index (χ0) is 20.6. The largest absolute Gasteiger partial charge is 0.480 e. The van der Waals surface area contributed by atoms with Crippen molar-refractivity contribution in [1.82, 2.24) is 0 Å². The number of carboxylic acid groups (broad SMARTS) is 3. The Bertz CT molecular complexity index is 424. The van der Waals surface area contributed by atoms with Gasteiger partial charge in [0.05, 0.1) is 13.0 Å². The third-order valence-electron chi connectivity index (χ3n) is 2.20. The monoisotopic (exact) mass is 386 g/mol. The second-order valence-electron chi connectivity index (χ2n) is 4.47. The lowest BCUT2D eigenvalue weighted by atomic mass is 10.2. The first-order chi connectivity index (χ1) is 11.4. The van der Waals surface area contributed by atoms with Crippen LogP contribution in [0, 0.1) is 0 Å². The molecule has 0 aromatic heterocycles. The predicted molar refractivity (Wildman–Crippen MR) is 90.7 cm³/mol. The number of carbonyl (C=O) groups excluding carboxylic acids is 1. The van der Waals surface area contributed by atoms with Crippen LogP contribution < -0.4 is 22.9 Å². The zero-order valence-electron chi connectivity index (χ0n) is 13.7. The average molecular weight is 386 g/mol. The molecule has 0 fully saturated rings. The summed E-state index contributed by atoms with van der Waals surface area (Å²) < 4.78 is 0. The van der Waals surface area contributed by atoms with Crippen LogP contribution in [0.1, 0.15) is 12.8 Å². The SMILES string of the molecule is CSCC[C@H](N)C(=O)O.NC(=O)C[C@H](N)C(=O)O.N[C@@H](CO)C(=O)O. The lowest BCUT2D eigenvalue weighted by molar-refractivity contribution is -0.140. The molecule has 0 saturated carbocycles. The first-order valence-electron chi connectivity index (χ1n) is 6.73. The second kappa shape index (κ2) is 16.9. The van der Waals surface area contributed by atoms with Crippen molar-refractivity contribution in [3.63, 3.8) is 0 Å². The average Bonchev–Trinajstić information content (AvgIpc) is 2.51. The lowest BCUT2D eigenvalue weighted by Gasteiger charge is -2.02. The number of amides is 1. The van der Waals surface area contributed by atoms with Crippen molar-refractivity contribution in [1.29, 1.82) is 0 Å². The van der Waals surface area contributed by atoms with Gasteiger partial charge in [-0.15, -0.1) is 0 Å². The summed E-state index contributed by atoms with van der Waals surface area (Å²) >= 11 is 1.60. The van der Waals surface area contributed by atoms with Gasteiger partial charge in [-0.05, 0) is 18.4 Å². The fourth-order valence-corrected chi connectivity index (χ4v) is 1.24. The van der Waals surface area contributed by atoms with Crippen molar-refractivity contribution in [2.45, 2.75) is 31.0 Å². The van der Waals surface area contributed by atoms with Crippen molar-refractivity contribution in [3.8, 4) is 0 Å². The van der Waals surface area contributed by atoms with Crippen LogP contribution in [0.2, 0.25) is 0 Å². The molecule has 0 aromatic carbocycles. The molecule has 0 aliphatic carbocycles. The van der Waals surface area contributed by atoms with Crippen LogP contribution in [0.25, 0.3) is 0 Å². The van der Waals surface area contributed by atoms with Crippen molar-refractivity contribution in [3.05, 3.63) is 0 Å². The Labute approximate surface area is 148 Å². The Balaban J connectivity index is -0.000000293. The number of aliphatic hydroxyl groups is 1. The lowest BCUT2D eigenvalue weighted by Crippen LogP contribution is -2.34. The smallest absolute Gasteiger partial charge is 0.322 e. The van der Waals surface area contributed by atoms with Gasteiger partial charge in [-0.2, -0.15) is 11.8 Å². The number of aliphatic carboxylic acids is 3. The molecule has 0 bridgehead atoms. The highest BCUT2D eigenvalue weighted by Gasteiger charge is 2.13. The van der Waals surface area contributed by atoms with E-state index in [4.69, 9.17) is 37.6 Å². The van der Waals surface area contributed by atoms with Crippen molar-refractivity contribution >= 4 is 35.6 Å². The van der Waals surface area contributed by atoms with Gasteiger partial charge in [0.1, 0.15) is 18.1 Å². The van der Waals surface area contributed by atoms with Crippen molar-refractivity contribution in [2.24, 2.45) is 22.9 Å². The summed E-state index contributed by atoms with van der Waals surface area (Å²) in [4.78, 5) is 39.6. The summed E-state index contributed by atoms with van der Waals surface area (Å²) in [5, 5.41) is 32.3. The van der Waals surface area contributed by atoms with Crippen LogP contribution in [0.5, 0.6) is 0 Å². The van der Waals surface area contributed by atoms with E-state index in [0.29, 0.717) is 6.42 Å². The summed E-state index contributed by atoms with van der Waals surface area (Å²) in [6, 6.07) is -2.97. The number of rotatable bonds is 9. The van der Waals surface area contributed by atoms with Crippen LogP contribution in [0.4, 0.5) is 0 Å². The molecular formula is C12H26N4O8S. The predicted octanol–water partition coefficient (Wildman–Crippen LogP) is -3.18. The van der Waals surface area contributed by atoms with E-state index in [-0.39, 0.29) is 6.42 Å². The van der Waals surface area contributed by atoms with E-state index in [1.54, 1.807) is 11.8 Å². The normalized spacial score (nSPS) is 13.0. The van der Waals surface area contributed by atoms with E-state index in [2.05, 4.69) is 5.73 Å². The van der Waals surface area contributed by atoms with Crippen LogP contribution >= 0.6 is 11.8 Å². The third kappa shape index (κ3) is 22.1. The molecule has 0 rings (SSSR count). The standard InChI is InChI=1S/C5H11NO2S.C4H8N2O3.C3H7NO3/c1-9-3-2-4(6)5(7)8;5-2(4(8)9)1-3(6)7;4-2(1-5)3(6)7/h4H,2-3,6H2,1H3,(H,7,8);2H,1,5H2,(H2,6,7)(H,8,9);2,5H,1,4H2,(H,6,7)/t4-;2*2-/m000/s1. The molecule has 0 aromatic rings. The topological polar surface area (TPSA) is 253 Å².